The molecule has 0 aliphatic heterocycles. The Morgan fingerprint density at radius 1 is 1.56 bits per heavy atom. The van der Waals surface area contributed by atoms with E-state index >= 15 is 0 Å². The van der Waals surface area contributed by atoms with Crippen LogP contribution in [0.5, 0.6) is 0 Å². The average Bonchev–Trinajstić information content (AvgIpc) is 2.48. The molecule has 1 heterocycles. The zero-order valence-corrected chi connectivity index (χ0v) is 11.5. The van der Waals surface area contributed by atoms with Crippen LogP contribution in [0.25, 0.3) is 0 Å². The molecule has 18 heavy (non-hydrogen) atoms. The maximum Gasteiger partial charge on any atom is 0.333 e. The lowest BCUT2D eigenvalue weighted by atomic mass is 10.1. The lowest BCUT2D eigenvalue weighted by Crippen LogP contribution is -2.39. The molecule has 1 aromatic heterocycles. The minimum absolute atomic E-state index is 0.00333. The van der Waals surface area contributed by atoms with E-state index < -0.39 is 10.5 Å². The SMILES string of the molecule is CCN(CC(C)(C)O)c1c([N+](=O)[O-])c(C)nn1C. The van der Waals surface area contributed by atoms with Gasteiger partial charge in [0, 0.05) is 20.1 Å². The first-order valence-corrected chi connectivity index (χ1v) is 5.82. The Morgan fingerprint density at radius 2 is 2.11 bits per heavy atom. The summed E-state index contributed by atoms with van der Waals surface area (Å²) < 4.78 is 1.49. The molecule has 0 aliphatic carbocycles. The number of anilines is 1. The highest BCUT2D eigenvalue weighted by Crippen LogP contribution is 2.31. The zero-order chi connectivity index (χ0) is 14.1. The first kappa shape index (κ1) is 14.4. The zero-order valence-electron chi connectivity index (χ0n) is 11.5. The average molecular weight is 256 g/mol. The lowest BCUT2D eigenvalue weighted by Gasteiger charge is -2.28. The molecule has 0 aliphatic rings. The Balaban J connectivity index is 3.25. The van der Waals surface area contributed by atoms with Gasteiger partial charge >= 0.3 is 5.69 Å². The van der Waals surface area contributed by atoms with Crippen molar-refractivity contribution in [3.63, 3.8) is 0 Å². The molecule has 7 nitrogen and oxygen atoms in total. The minimum atomic E-state index is -0.929. The van der Waals surface area contributed by atoms with Gasteiger partial charge in [-0.25, -0.2) is 4.68 Å². The van der Waals surface area contributed by atoms with Crippen molar-refractivity contribution < 1.29 is 10.0 Å². The van der Waals surface area contributed by atoms with Crippen LogP contribution in [0, 0.1) is 17.0 Å². The van der Waals surface area contributed by atoms with E-state index in [0.717, 1.165) is 0 Å². The maximum absolute atomic E-state index is 11.1. The predicted molar refractivity (Wildman–Crippen MR) is 68.8 cm³/mol. The van der Waals surface area contributed by atoms with E-state index in [0.29, 0.717) is 24.6 Å². The summed E-state index contributed by atoms with van der Waals surface area (Å²) in [5.41, 5.74) is -0.544. The maximum atomic E-state index is 11.1. The van der Waals surface area contributed by atoms with Crippen molar-refractivity contribution in [1.82, 2.24) is 9.78 Å². The van der Waals surface area contributed by atoms with Crippen LogP contribution in [0.1, 0.15) is 26.5 Å². The fourth-order valence-corrected chi connectivity index (χ4v) is 2.01. The van der Waals surface area contributed by atoms with Crippen LogP contribution in [0.3, 0.4) is 0 Å². The molecular weight excluding hydrogens is 236 g/mol. The molecular formula is C11H20N4O3. The Kier molecular flexibility index (Phi) is 3.95. The van der Waals surface area contributed by atoms with Gasteiger partial charge in [0.25, 0.3) is 0 Å². The van der Waals surface area contributed by atoms with Crippen LogP contribution < -0.4 is 4.90 Å². The first-order chi connectivity index (χ1) is 8.17. The summed E-state index contributed by atoms with van der Waals surface area (Å²) in [4.78, 5) is 12.4. The Morgan fingerprint density at radius 3 is 2.50 bits per heavy atom. The number of nitrogens with zero attached hydrogens (tertiary/aromatic N) is 4. The van der Waals surface area contributed by atoms with Crippen molar-refractivity contribution in [2.75, 3.05) is 18.0 Å². The molecule has 0 atom stereocenters. The quantitative estimate of drug-likeness (QED) is 0.632. The monoisotopic (exact) mass is 256 g/mol. The van der Waals surface area contributed by atoms with Gasteiger partial charge in [-0.15, -0.1) is 0 Å². The van der Waals surface area contributed by atoms with Gasteiger partial charge in [-0.1, -0.05) is 0 Å². The number of nitro groups is 1. The molecule has 0 fully saturated rings. The third-order valence-corrected chi connectivity index (χ3v) is 2.60. The van der Waals surface area contributed by atoms with E-state index in [-0.39, 0.29) is 5.69 Å². The number of hydrogen-bond donors (Lipinski definition) is 1. The van der Waals surface area contributed by atoms with Crippen molar-refractivity contribution in [2.24, 2.45) is 7.05 Å². The third kappa shape index (κ3) is 2.98. The fraction of sp³-hybridized carbons (Fsp3) is 0.727. The summed E-state index contributed by atoms with van der Waals surface area (Å²) in [5, 5.41) is 25.1. The molecule has 7 heteroatoms. The molecule has 0 radical (unpaired) electrons. The highest BCUT2D eigenvalue weighted by atomic mass is 16.6. The molecule has 1 rings (SSSR count). The summed E-state index contributed by atoms with van der Waals surface area (Å²) >= 11 is 0. The van der Waals surface area contributed by atoms with Crippen LogP contribution in [-0.4, -0.2) is 38.5 Å². The number of aliphatic hydroxyl groups is 1. The minimum Gasteiger partial charge on any atom is -0.389 e. The number of aromatic nitrogens is 2. The summed E-state index contributed by atoms with van der Waals surface area (Å²) in [6.45, 7) is 7.71. The molecule has 0 saturated carbocycles. The van der Waals surface area contributed by atoms with E-state index in [1.807, 2.05) is 6.92 Å². The number of hydrogen-bond acceptors (Lipinski definition) is 5. The fourth-order valence-electron chi connectivity index (χ4n) is 2.01. The van der Waals surface area contributed by atoms with E-state index in [1.54, 1.807) is 32.7 Å². The van der Waals surface area contributed by atoms with Gasteiger partial charge in [0.15, 0.2) is 0 Å². The Bertz CT molecular complexity index is 448. The van der Waals surface area contributed by atoms with Gasteiger partial charge in [0.05, 0.1) is 10.5 Å². The smallest absolute Gasteiger partial charge is 0.333 e. The van der Waals surface area contributed by atoms with Gasteiger partial charge in [-0.05, 0) is 27.7 Å². The molecule has 0 saturated heterocycles. The number of aryl methyl sites for hydroxylation is 2. The topological polar surface area (TPSA) is 84.4 Å². The van der Waals surface area contributed by atoms with Crippen molar-refractivity contribution >= 4 is 11.5 Å². The molecule has 1 aromatic rings. The normalized spacial score (nSPS) is 11.7. The van der Waals surface area contributed by atoms with Crippen LogP contribution >= 0.6 is 0 Å². The predicted octanol–water partition coefficient (Wildman–Crippen LogP) is 1.23. The lowest BCUT2D eigenvalue weighted by molar-refractivity contribution is -0.384. The van der Waals surface area contributed by atoms with Gasteiger partial charge in [0.1, 0.15) is 5.69 Å². The number of likely N-dealkylation sites (N-methyl/N-ethyl adjacent to an activating group) is 1. The molecule has 1 N–H and O–H groups in total. The van der Waals surface area contributed by atoms with Crippen molar-refractivity contribution in [1.29, 1.82) is 0 Å². The van der Waals surface area contributed by atoms with Crippen LogP contribution in [-0.2, 0) is 7.05 Å². The van der Waals surface area contributed by atoms with Crippen molar-refractivity contribution in [2.45, 2.75) is 33.3 Å². The summed E-state index contributed by atoms with van der Waals surface area (Å²) in [6.07, 6.45) is 0. The standard InChI is InChI=1S/C11H20N4O3/c1-6-14(7-11(3,4)16)10-9(15(17)18)8(2)12-13(10)5/h16H,6-7H2,1-5H3. The summed E-state index contributed by atoms with van der Waals surface area (Å²) in [5.74, 6) is 0.433. The number of rotatable bonds is 5. The van der Waals surface area contributed by atoms with Crippen molar-refractivity contribution in [3.05, 3.63) is 15.8 Å². The van der Waals surface area contributed by atoms with E-state index in [2.05, 4.69) is 5.10 Å². The second kappa shape index (κ2) is 4.93. The third-order valence-electron chi connectivity index (χ3n) is 2.60. The van der Waals surface area contributed by atoms with Gasteiger partial charge in [-0.3, -0.25) is 10.1 Å². The molecule has 0 bridgehead atoms. The van der Waals surface area contributed by atoms with Crippen molar-refractivity contribution in [3.8, 4) is 0 Å². The van der Waals surface area contributed by atoms with Crippen LogP contribution in [0.4, 0.5) is 11.5 Å². The second-order valence-corrected chi connectivity index (χ2v) is 4.96. The van der Waals surface area contributed by atoms with E-state index in [4.69, 9.17) is 0 Å². The van der Waals surface area contributed by atoms with Gasteiger partial charge < -0.3 is 10.0 Å². The van der Waals surface area contributed by atoms with Crippen LogP contribution in [0.15, 0.2) is 0 Å². The van der Waals surface area contributed by atoms with Crippen LogP contribution in [0.2, 0.25) is 0 Å². The summed E-state index contributed by atoms with van der Waals surface area (Å²) in [7, 11) is 1.67. The van der Waals surface area contributed by atoms with Gasteiger partial charge in [-0.2, -0.15) is 5.10 Å². The van der Waals surface area contributed by atoms with Gasteiger partial charge in [0.2, 0.25) is 5.82 Å². The highest BCUT2D eigenvalue weighted by Gasteiger charge is 2.30. The Hall–Kier alpha value is -1.63. The molecule has 0 aromatic carbocycles. The second-order valence-electron chi connectivity index (χ2n) is 4.96. The molecule has 0 spiro atoms. The molecule has 0 amide bonds. The highest BCUT2D eigenvalue weighted by molar-refractivity contribution is 5.61. The first-order valence-electron chi connectivity index (χ1n) is 5.82. The summed E-state index contributed by atoms with van der Waals surface area (Å²) in [6, 6.07) is 0. The Labute approximate surface area is 106 Å². The molecule has 102 valence electrons. The van der Waals surface area contributed by atoms with E-state index in [9.17, 15) is 15.2 Å². The largest absolute Gasteiger partial charge is 0.389 e. The van der Waals surface area contributed by atoms with E-state index in [1.165, 1.54) is 4.68 Å². The molecule has 0 unspecified atom stereocenters.